The van der Waals surface area contributed by atoms with Crippen LogP contribution in [0, 0.1) is 35.0 Å². The fraction of sp³-hybridized carbons (Fsp3) is 0.769. The molecule has 0 spiro atoms. The number of ketones is 1. The highest BCUT2D eigenvalue weighted by Gasteiger charge is 2.56. The van der Waals surface area contributed by atoms with Crippen molar-refractivity contribution in [1.82, 2.24) is 0 Å². The molecule has 8 atom stereocenters. The summed E-state index contributed by atoms with van der Waals surface area (Å²) in [6.07, 6.45) is 10.4. The van der Waals surface area contributed by atoms with E-state index in [1.54, 1.807) is 27.9 Å². The van der Waals surface area contributed by atoms with Gasteiger partial charge >= 0.3 is 0 Å². The second kappa shape index (κ2) is 8.57. The minimum Gasteiger partial charge on any atom is -0.389 e. The molecule has 0 bridgehead atoms. The Morgan fingerprint density at radius 1 is 1.26 bits per heavy atom. The molecule has 31 heavy (non-hydrogen) atoms. The lowest BCUT2D eigenvalue weighted by Gasteiger charge is -2.42. The van der Waals surface area contributed by atoms with Gasteiger partial charge < -0.3 is 14.9 Å². The Morgan fingerprint density at radius 2 is 1.94 bits per heavy atom. The van der Waals surface area contributed by atoms with Crippen molar-refractivity contribution in [2.45, 2.75) is 84.0 Å². The van der Waals surface area contributed by atoms with Crippen molar-refractivity contribution < 1.29 is 24.5 Å². The van der Waals surface area contributed by atoms with Crippen LogP contribution in [0.3, 0.4) is 0 Å². The molecule has 2 fully saturated rings. The molecule has 0 aromatic rings. The molecule has 0 aliphatic heterocycles. The molecule has 0 aromatic heterocycles. The fourth-order valence-electron chi connectivity index (χ4n) is 6.71. The van der Waals surface area contributed by atoms with Gasteiger partial charge in [0.15, 0.2) is 0 Å². The molecule has 1 unspecified atom stereocenters. The van der Waals surface area contributed by atoms with Gasteiger partial charge in [-0.25, -0.2) is 0 Å². The third kappa shape index (κ3) is 4.60. The summed E-state index contributed by atoms with van der Waals surface area (Å²) in [5.41, 5.74) is -1.43. The number of carbonyl (C=O) groups is 2. The van der Waals surface area contributed by atoms with Crippen LogP contribution in [0.15, 0.2) is 23.8 Å². The van der Waals surface area contributed by atoms with Crippen LogP contribution in [0.5, 0.6) is 0 Å². The van der Waals surface area contributed by atoms with E-state index in [1.165, 1.54) is 0 Å². The second-order valence-electron chi connectivity index (χ2n) is 11.4. The number of ether oxygens (including phenoxy) is 1. The van der Waals surface area contributed by atoms with Gasteiger partial charge in [-0.3, -0.25) is 9.59 Å². The summed E-state index contributed by atoms with van der Waals surface area (Å²) in [6.45, 7) is 9.77. The highest BCUT2D eigenvalue weighted by molar-refractivity contribution is 5.94. The van der Waals surface area contributed by atoms with Gasteiger partial charge in [-0.05, 0) is 75.2 Å². The lowest BCUT2D eigenvalue weighted by molar-refractivity contribution is -0.121. The number of aliphatic hydroxyl groups is 2. The Balaban J connectivity index is 1.88. The van der Waals surface area contributed by atoms with Crippen LogP contribution in [0.4, 0.5) is 0 Å². The van der Waals surface area contributed by atoms with Crippen molar-refractivity contribution >= 4 is 12.1 Å². The third-order valence-corrected chi connectivity index (χ3v) is 8.54. The first-order chi connectivity index (χ1) is 14.3. The normalized spacial score (nSPS) is 40.6. The molecule has 5 nitrogen and oxygen atoms in total. The largest absolute Gasteiger partial charge is 0.389 e. The molecule has 3 aliphatic carbocycles. The maximum absolute atomic E-state index is 12.7. The maximum atomic E-state index is 12.7. The van der Waals surface area contributed by atoms with E-state index in [1.807, 2.05) is 12.2 Å². The van der Waals surface area contributed by atoms with Gasteiger partial charge in [0.25, 0.3) is 0 Å². The van der Waals surface area contributed by atoms with E-state index in [9.17, 15) is 19.8 Å². The van der Waals surface area contributed by atoms with Crippen LogP contribution in [-0.2, 0) is 14.3 Å². The van der Waals surface area contributed by atoms with Crippen LogP contribution in [0.2, 0.25) is 0 Å². The number of fused-ring (bicyclic) bond motifs is 2. The Kier molecular flexibility index (Phi) is 6.73. The maximum Gasteiger partial charge on any atom is 0.146 e. The van der Waals surface area contributed by atoms with E-state index in [0.717, 1.165) is 32.0 Å². The van der Waals surface area contributed by atoms with E-state index in [2.05, 4.69) is 19.9 Å². The van der Waals surface area contributed by atoms with E-state index in [-0.39, 0.29) is 29.6 Å². The molecule has 0 radical (unpaired) electrons. The molecule has 3 rings (SSSR count). The Morgan fingerprint density at radius 3 is 2.52 bits per heavy atom. The third-order valence-electron chi connectivity index (χ3n) is 8.54. The predicted molar refractivity (Wildman–Crippen MR) is 120 cm³/mol. The van der Waals surface area contributed by atoms with Gasteiger partial charge in [0.05, 0.1) is 17.1 Å². The first kappa shape index (κ1) is 24.3. The van der Waals surface area contributed by atoms with Crippen molar-refractivity contribution in [2.75, 3.05) is 7.11 Å². The molecule has 0 saturated heterocycles. The first-order valence-electron chi connectivity index (χ1n) is 11.7. The topological polar surface area (TPSA) is 83.8 Å². The van der Waals surface area contributed by atoms with E-state index < -0.39 is 17.1 Å². The molecule has 3 aliphatic rings. The molecule has 5 heteroatoms. The molecular formula is C26H40O5. The zero-order chi connectivity index (χ0) is 23.2. The van der Waals surface area contributed by atoms with Gasteiger partial charge in [0, 0.05) is 19.4 Å². The van der Waals surface area contributed by atoms with E-state index in [0.29, 0.717) is 23.3 Å². The second-order valence-corrected chi connectivity index (χ2v) is 11.4. The van der Waals surface area contributed by atoms with Crippen LogP contribution < -0.4 is 0 Å². The highest BCUT2D eigenvalue weighted by Crippen LogP contribution is 2.59. The summed E-state index contributed by atoms with van der Waals surface area (Å²) in [5.74, 6) is 0.429. The Hall–Kier alpha value is -1.30. The summed E-state index contributed by atoms with van der Waals surface area (Å²) in [4.78, 5) is 24.5. The molecule has 2 N–H and O–H groups in total. The lowest BCUT2D eigenvalue weighted by Crippen LogP contribution is -2.40. The molecule has 0 heterocycles. The minimum atomic E-state index is -1.06. The fourth-order valence-corrected chi connectivity index (χ4v) is 6.71. The molecule has 0 aromatic carbocycles. The van der Waals surface area contributed by atoms with Crippen LogP contribution in [-0.4, -0.2) is 46.7 Å². The van der Waals surface area contributed by atoms with Gasteiger partial charge in [-0.2, -0.15) is 0 Å². The number of allylic oxidation sites excluding steroid dienone is 3. The quantitative estimate of drug-likeness (QED) is 0.492. The number of hydrogen-bond acceptors (Lipinski definition) is 5. The Bertz CT molecular complexity index is 758. The summed E-state index contributed by atoms with van der Waals surface area (Å²) >= 11 is 0. The molecule has 174 valence electrons. The summed E-state index contributed by atoms with van der Waals surface area (Å²) in [6, 6.07) is 0. The van der Waals surface area contributed by atoms with Gasteiger partial charge in [0.1, 0.15) is 18.2 Å². The van der Waals surface area contributed by atoms with Gasteiger partial charge in [-0.15, -0.1) is 0 Å². The standard InChI is InChI=1S/C26H40O5/c1-16(7-10-22(31-6)24(2,3)29)18-11-12-25(4)13-20-23(21(28)14-26(20,5)30)17(15-27)8-9-19(18)25/h7-8,10,15-16,18-20,22-23,29-30H,9,11-14H2,1-6H3/t16-,18+,19-,20-,22?,23-,25+,26+/m0/s1. The number of Topliss-reactive ketones (excluding diaryl/α,β-unsaturated/α-hetero) is 1. The zero-order valence-electron chi connectivity index (χ0n) is 19.9. The monoisotopic (exact) mass is 432 g/mol. The summed E-state index contributed by atoms with van der Waals surface area (Å²) in [5, 5.41) is 21.3. The zero-order valence-corrected chi connectivity index (χ0v) is 19.9. The first-order valence-corrected chi connectivity index (χ1v) is 11.7. The summed E-state index contributed by atoms with van der Waals surface area (Å²) < 4.78 is 5.45. The number of aldehydes is 1. The average molecular weight is 433 g/mol. The van der Waals surface area contributed by atoms with E-state index >= 15 is 0 Å². The van der Waals surface area contributed by atoms with Crippen molar-refractivity contribution in [3.8, 4) is 0 Å². The van der Waals surface area contributed by atoms with E-state index in [4.69, 9.17) is 4.74 Å². The summed E-state index contributed by atoms with van der Waals surface area (Å²) in [7, 11) is 1.61. The van der Waals surface area contributed by atoms with Gasteiger partial charge in [0.2, 0.25) is 0 Å². The van der Waals surface area contributed by atoms with Crippen molar-refractivity contribution in [2.24, 2.45) is 35.0 Å². The van der Waals surface area contributed by atoms with Crippen LogP contribution in [0.1, 0.15) is 66.7 Å². The van der Waals surface area contributed by atoms with Crippen molar-refractivity contribution in [1.29, 1.82) is 0 Å². The molecule has 2 saturated carbocycles. The minimum absolute atomic E-state index is 0.00141. The van der Waals surface area contributed by atoms with Crippen molar-refractivity contribution in [3.63, 3.8) is 0 Å². The average Bonchev–Trinajstić information content (AvgIpc) is 3.07. The predicted octanol–water partition coefficient (Wildman–Crippen LogP) is 3.87. The van der Waals surface area contributed by atoms with Crippen LogP contribution >= 0.6 is 0 Å². The lowest BCUT2D eigenvalue weighted by atomic mass is 9.63. The smallest absolute Gasteiger partial charge is 0.146 e. The number of methoxy groups -OCH3 is 1. The molecule has 0 amide bonds. The SMILES string of the molecule is COC(C=C[C@H](C)[C@H]1CC[C@]2(C)C[C@H]3[C@@H](C(=O)C[C@@]3(C)O)C(C=O)=CC[C@@H]12)C(C)(C)O. The highest BCUT2D eigenvalue weighted by atomic mass is 16.5. The van der Waals surface area contributed by atoms with Crippen LogP contribution in [0.25, 0.3) is 0 Å². The Labute approximate surface area is 186 Å². The molecular weight excluding hydrogens is 392 g/mol. The van der Waals surface area contributed by atoms with Crippen molar-refractivity contribution in [3.05, 3.63) is 23.8 Å². The number of carbonyl (C=O) groups excluding carboxylic acids is 2. The van der Waals surface area contributed by atoms with Gasteiger partial charge in [-0.1, -0.05) is 32.1 Å². The number of hydrogen-bond donors (Lipinski definition) is 2. The number of rotatable bonds is 6.